The quantitative estimate of drug-likeness (QED) is 0.420. The van der Waals surface area contributed by atoms with Crippen LogP contribution in [0.25, 0.3) is 0 Å². The van der Waals surface area contributed by atoms with Crippen LogP contribution >= 0.6 is 27.5 Å². The minimum Gasteiger partial charge on any atom is -0.372 e. The fraction of sp³-hybridized carbons (Fsp3) is 0.600. The van der Waals surface area contributed by atoms with Crippen molar-refractivity contribution >= 4 is 27.5 Å². The molecule has 1 nitrogen and oxygen atoms in total. The minimum atomic E-state index is -0.0360. The summed E-state index contributed by atoms with van der Waals surface area (Å²) >= 11 is 10.1. The van der Waals surface area contributed by atoms with E-state index in [0.717, 1.165) is 25.7 Å². The van der Waals surface area contributed by atoms with Gasteiger partial charge in [-0.25, -0.2) is 0 Å². The summed E-state index contributed by atoms with van der Waals surface area (Å²) in [6.45, 7) is 2.14. The van der Waals surface area contributed by atoms with Crippen LogP contribution in [-0.4, -0.2) is 22.4 Å². The highest BCUT2D eigenvalue weighted by atomic mass is 79.9. The molecule has 1 aliphatic heterocycles. The molecule has 18 heavy (non-hydrogen) atoms. The van der Waals surface area contributed by atoms with E-state index in [0.29, 0.717) is 4.83 Å². The number of hydrogen-bond donors (Lipinski definition) is 0. The summed E-state index contributed by atoms with van der Waals surface area (Å²) < 4.78 is 6.13. The van der Waals surface area contributed by atoms with E-state index in [1.54, 1.807) is 6.08 Å². The summed E-state index contributed by atoms with van der Waals surface area (Å²) in [5.74, 6) is 2.47. The summed E-state index contributed by atoms with van der Waals surface area (Å²) in [6, 6.07) is 0. The van der Waals surface area contributed by atoms with Crippen LogP contribution in [0, 0.1) is 12.3 Å². The molecule has 0 aromatic rings. The van der Waals surface area contributed by atoms with E-state index in [1.165, 1.54) is 0 Å². The summed E-state index contributed by atoms with van der Waals surface area (Å²) in [5, 5.41) is -0.0360. The first-order valence-corrected chi connectivity index (χ1v) is 7.74. The van der Waals surface area contributed by atoms with E-state index in [9.17, 15) is 0 Å². The molecular weight excluding hydrogens is 312 g/mol. The Kier molecular flexibility index (Phi) is 7.74. The Labute approximate surface area is 124 Å². The van der Waals surface area contributed by atoms with E-state index in [1.807, 2.05) is 6.08 Å². The van der Waals surface area contributed by atoms with Gasteiger partial charge in [0.2, 0.25) is 0 Å². The monoisotopic (exact) mass is 330 g/mol. The van der Waals surface area contributed by atoms with Crippen LogP contribution in [0.4, 0.5) is 0 Å². The van der Waals surface area contributed by atoms with Gasteiger partial charge in [-0.2, -0.15) is 0 Å². The zero-order valence-electron chi connectivity index (χ0n) is 10.7. The second-order valence-corrected chi connectivity index (χ2v) is 6.14. The molecule has 1 heterocycles. The Bertz CT molecular complexity index is 332. The molecule has 0 aliphatic carbocycles. The van der Waals surface area contributed by atoms with Crippen molar-refractivity contribution in [1.82, 2.24) is 0 Å². The normalized spacial score (nSPS) is 30.7. The Hall–Kier alpha value is -0.230. The van der Waals surface area contributed by atoms with Crippen molar-refractivity contribution in [3.05, 3.63) is 24.3 Å². The standard InChI is InChI=1S/C15H20BrClO/c1-3-5-6-10-13(17)15-11-8-7-9-12(16)14(4-2)18-15/h1,5-8,12-15H,4,9-11H2,2H3. The van der Waals surface area contributed by atoms with Crippen molar-refractivity contribution in [2.24, 2.45) is 0 Å². The average molecular weight is 332 g/mol. The summed E-state index contributed by atoms with van der Waals surface area (Å²) in [4.78, 5) is 0.367. The SMILES string of the molecule is C#CC=CCC(Cl)C1CC=CCC(Br)C(CC)O1. The van der Waals surface area contributed by atoms with Gasteiger partial charge in [-0.15, -0.1) is 18.0 Å². The maximum absolute atomic E-state index is 6.40. The topological polar surface area (TPSA) is 9.23 Å². The first-order valence-electron chi connectivity index (χ1n) is 6.38. The molecule has 1 aliphatic rings. The van der Waals surface area contributed by atoms with Crippen LogP contribution in [0.3, 0.4) is 0 Å². The Morgan fingerprint density at radius 2 is 2.28 bits per heavy atom. The average Bonchev–Trinajstić information content (AvgIpc) is 2.35. The molecule has 0 aromatic carbocycles. The van der Waals surface area contributed by atoms with Crippen molar-refractivity contribution in [2.75, 3.05) is 0 Å². The van der Waals surface area contributed by atoms with Gasteiger partial charge in [0, 0.05) is 4.83 Å². The van der Waals surface area contributed by atoms with Gasteiger partial charge in [0.1, 0.15) is 0 Å². The van der Waals surface area contributed by atoms with Crippen LogP contribution in [-0.2, 0) is 4.74 Å². The largest absolute Gasteiger partial charge is 0.372 e. The molecule has 4 unspecified atom stereocenters. The van der Waals surface area contributed by atoms with E-state index < -0.39 is 0 Å². The number of allylic oxidation sites excluding steroid dienone is 3. The maximum atomic E-state index is 6.40. The van der Waals surface area contributed by atoms with E-state index in [4.69, 9.17) is 22.8 Å². The van der Waals surface area contributed by atoms with Gasteiger partial charge in [-0.05, 0) is 31.8 Å². The van der Waals surface area contributed by atoms with Gasteiger partial charge in [0.25, 0.3) is 0 Å². The van der Waals surface area contributed by atoms with Crippen molar-refractivity contribution in [3.8, 4) is 12.3 Å². The Morgan fingerprint density at radius 1 is 1.56 bits per heavy atom. The molecule has 3 heteroatoms. The van der Waals surface area contributed by atoms with Gasteiger partial charge < -0.3 is 4.74 Å². The fourth-order valence-electron chi connectivity index (χ4n) is 1.98. The second-order valence-electron chi connectivity index (χ2n) is 4.40. The molecule has 0 aromatic heterocycles. The van der Waals surface area contributed by atoms with Gasteiger partial charge in [0.15, 0.2) is 0 Å². The van der Waals surface area contributed by atoms with Crippen LogP contribution in [0.5, 0.6) is 0 Å². The number of alkyl halides is 2. The smallest absolute Gasteiger partial charge is 0.0780 e. The fourth-order valence-corrected chi connectivity index (χ4v) is 2.96. The van der Waals surface area contributed by atoms with Crippen LogP contribution in [0.15, 0.2) is 24.3 Å². The summed E-state index contributed by atoms with van der Waals surface area (Å²) in [6.07, 6.45) is 17.0. The van der Waals surface area contributed by atoms with Crippen LogP contribution in [0.1, 0.15) is 32.6 Å². The summed E-state index contributed by atoms with van der Waals surface area (Å²) in [7, 11) is 0. The number of hydrogen-bond acceptors (Lipinski definition) is 1. The number of terminal acetylenes is 1. The summed E-state index contributed by atoms with van der Waals surface area (Å²) in [5.41, 5.74) is 0. The number of ether oxygens (including phenoxy) is 1. The number of rotatable bonds is 4. The predicted octanol–water partition coefficient (Wildman–Crippen LogP) is 4.45. The lowest BCUT2D eigenvalue weighted by atomic mass is 10.0. The highest BCUT2D eigenvalue weighted by molar-refractivity contribution is 9.09. The zero-order chi connectivity index (χ0) is 13.4. The molecule has 0 N–H and O–H groups in total. The van der Waals surface area contributed by atoms with Gasteiger partial charge in [0.05, 0.1) is 17.6 Å². The van der Waals surface area contributed by atoms with Crippen LogP contribution < -0.4 is 0 Å². The lowest BCUT2D eigenvalue weighted by Crippen LogP contribution is -2.34. The molecule has 1 rings (SSSR count). The van der Waals surface area contributed by atoms with E-state index >= 15 is 0 Å². The first kappa shape index (κ1) is 15.8. The van der Waals surface area contributed by atoms with Crippen molar-refractivity contribution < 1.29 is 4.74 Å². The van der Waals surface area contributed by atoms with Crippen molar-refractivity contribution in [1.29, 1.82) is 0 Å². The third-order valence-corrected chi connectivity index (χ3v) is 4.45. The Balaban J connectivity index is 2.62. The highest BCUT2D eigenvalue weighted by Crippen LogP contribution is 2.26. The first-order chi connectivity index (χ1) is 8.69. The lowest BCUT2D eigenvalue weighted by Gasteiger charge is -2.30. The molecule has 0 saturated carbocycles. The Morgan fingerprint density at radius 3 is 2.94 bits per heavy atom. The third-order valence-electron chi connectivity index (χ3n) is 3.03. The molecule has 0 fully saturated rings. The molecule has 0 amide bonds. The van der Waals surface area contributed by atoms with Gasteiger partial charge in [-0.3, -0.25) is 0 Å². The van der Waals surface area contributed by atoms with Gasteiger partial charge >= 0.3 is 0 Å². The van der Waals surface area contributed by atoms with Crippen LogP contribution in [0.2, 0.25) is 0 Å². The number of halogens is 2. The molecule has 100 valence electrons. The molecule has 4 atom stereocenters. The second kappa shape index (κ2) is 8.80. The highest BCUT2D eigenvalue weighted by Gasteiger charge is 2.26. The van der Waals surface area contributed by atoms with Crippen molar-refractivity contribution in [3.63, 3.8) is 0 Å². The lowest BCUT2D eigenvalue weighted by molar-refractivity contribution is -0.0149. The molecule has 0 saturated heterocycles. The zero-order valence-corrected chi connectivity index (χ0v) is 13.0. The molecule has 0 spiro atoms. The molecular formula is C15H20BrClO. The van der Waals surface area contributed by atoms with Gasteiger partial charge in [-0.1, -0.05) is 47.0 Å². The molecule has 0 radical (unpaired) electrons. The van der Waals surface area contributed by atoms with Crippen molar-refractivity contribution in [2.45, 2.75) is 55.0 Å². The minimum absolute atomic E-state index is 0.0360. The van der Waals surface area contributed by atoms with E-state index in [-0.39, 0.29) is 17.6 Å². The van der Waals surface area contributed by atoms with E-state index in [2.05, 4.69) is 40.9 Å². The molecule has 0 bridgehead atoms. The predicted molar refractivity (Wildman–Crippen MR) is 82.3 cm³/mol. The maximum Gasteiger partial charge on any atom is 0.0780 e. The third kappa shape index (κ3) is 5.18.